The molecular weight excluding hydrogens is 516 g/mol. The normalized spacial score (nSPS) is 14.2. The summed E-state index contributed by atoms with van der Waals surface area (Å²) in [6.45, 7) is 1.32. The average molecular weight is 539 g/mol. The number of hydrogen-bond acceptors (Lipinski definition) is 6. The van der Waals surface area contributed by atoms with E-state index >= 15 is 0 Å². The number of benzene rings is 2. The smallest absolute Gasteiger partial charge is 0.416 e. The van der Waals surface area contributed by atoms with Gasteiger partial charge in [0.15, 0.2) is 9.84 Å². The molecular formula is C25H22F4N2O5S. The Labute approximate surface area is 210 Å². The van der Waals surface area contributed by atoms with Gasteiger partial charge in [0.1, 0.15) is 16.8 Å². The summed E-state index contributed by atoms with van der Waals surface area (Å²) in [6.07, 6.45) is -3.39. The highest BCUT2D eigenvalue weighted by Crippen LogP contribution is 2.35. The number of carbonyl (C=O) groups excluding carboxylic acids is 1. The number of carbonyl (C=O) groups is 1. The Morgan fingerprint density at radius 2 is 1.86 bits per heavy atom. The molecule has 196 valence electrons. The number of aromatic nitrogens is 1. The molecule has 1 fully saturated rings. The largest absolute Gasteiger partial charge is 0.496 e. The number of halogens is 4. The minimum Gasteiger partial charge on any atom is -0.496 e. The summed E-state index contributed by atoms with van der Waals surface area (Å²) >= 11 is 0. The highest BCUT2D eigenvalue weighted by Gasteiger charge is 2.38. The van der Waals surface area contributed by atoms with Crippen molar-refractivity contribution in [3.8, 4) is 16.9 Å². The van der Waals surface area contributed by atoms with Gasteiger partial charge in [-0.05, 0) is 54.4 Å². The molecule has 2 heterocycles. The van der Waals surface area contributed by atoms with Crippen LogP contribution >= 0.6 is 0 Å². The van der Waals surface area contributed by atoms with E-state index in [1.807, 2.05) is 0 Å². The maximum Gasteiger partial charge on any atom is 0.416 e. The van der Waals surface area contributed by atoms with Crippen LogP contribution in [0.4, 0.5) is 17.6 Å². The standard InChI is InChI=1S/C25H22F4N2O5S/c1-14-5-22(21-4-3-18(26)9-23(21)35-2)16(10-30-14)11-31-24(32)15-6-17(25(27,28)29)8-19(7-15)37(33,34)20-12-36-13-20/h3-10,20H,11-13H2,1-2H3,(H,31,32). The van der Waals surface area contributed by atoms with Crippen molar-refractivity contribution in [2.24, 2.45) is 0 Å². The molecule has 0 unspecified atom stereocenters. The number of nitrogens with zero attached hydrogens (tertiary/aromatic N) is 1. The van der Waals surface area contributed by atoms with E-state index in [1.165, 1.54) is 31.5 Å². The fourth-order valence-corrected chi connectivity index (χ4v) is 5.31. The summed E-state index contributed by atoms with van der Waals surface area (Å²) in [5.41, 5.74) is 0.484. The first-order valence-corrected chi connectivity index (χ1v) is 12.6. The number of pyridine rings is 1. The summed E-state index contributed by atoms with van der Waals surface area (Å²) in [6, 6.07) is 7.69. The van der Waals surface area contributed by atoms with Gasteiger partial charge in [-0.15, -0.1) is 0 Å². The van der Waals surface area contributed by atoms with Crippen LogP contribution in [0.3, 0.4) is 0 Å². The number of amides is 1. The summed E-state index contributed by atoms with van der Waals surface area (Å²) in [4.78, 5) is 16.5. The van der Waals surface area contributed by atoms with Crippen LogP contribution < -0.4 is 10.1 Å². The fourth-order valence-electron chi connectivity index (χ4n) is 3.79. The first kappa shape index (κ1) is 26.6. The molecule has 1 aliphatic rings. The van der Waals surface area contributed by atoms with Gasteiger partial charge in [-0.2, -0.15) is 13.2 Å². The molecule has 1 aromatic heterocycles. The molecule has 3 aromatic rings. The van der Waals surface area contributed by atoms with E-state index in [0.29, 0.717) is 34.5 Å². The minimum atomic E-state index is -4.87. The molecule has 37 heavy (non-hydrogen) atoms. The van der Waals surface area contributed by atoms with Crippen molar-refractivity contribution in [2.75, 3.05) is 20.3 Å². The van der Waals surface area contributed by atoms with Crippen molar-refractivity contribution < 1.29 is 40.2 Å². The summed E-state index contributed by atoms with van der Waals surface area (Å²) in [7, 11) is -2.75. The molecule has 1 aliphatic heterocycles. The van der Waals surface area contributed by atoms with Gasteiger partial charge in [0.2, 0.25) is 0 Å². The number of rotatable bonds is 7. The zero-order chi connectivity index (χ0) is 27.0. The third-order valence-corrected chi connectivity index (χ3v) is 7.93. The van der Waals surface area contributed by atoms with Crippen LogP contribution in [0.25, 0.3) is 11.1 Å². The predicted molar refractivity (Wildman–Crippen MR) is 125 cm³/mol. The number of sulfone groups is 1. The van der Waals surface area contributed by atoms with Crippen LogP contribution in [-0.4, -0.2) is 44.9 Å². The van der Waals surface area contributed by atoms with E-state index in [2.05, 4.69) is 10.3 Å². The third-order valence-electron chi connectivity index (χ3n) is 5.89. The molecule has 0 spiro atoms. The van der Waals surface area contributed by atoms with Crippen LogP contribution in [0.15, 0.2) is 53.6 Å². The van der Waals surface area contributed by atoms with Gasteiger partial charge < -0.3 is 14.8 Å². The molecule has 0 bridgehead atoms. The van der Waals surface area contributed by atoms with E-state index in [1.54, 1.807) is 13.0 Å². The van der Waals surface area contributed by atoms with Gasteiger partial charge in [0.25, 0.3) is 5.91 Å². The molecule has 0 atom stereocenters. The SMILES string of the molecule is COc1cc(F)ccc1-c1cc(C)ncc1CNC(=O)c1cc(C(F)(F)F)cc(S(=O)(=O)C2COC2)c1. The molecule has 7 nitrogen and oxygen atoms in total. The van der Waals surface area contributed by atoms with Crippen LogP contribution in [0.1, 0.15) is 27.2 Å². The molecule has 1 saturated heterocycles. The van der Waals surface area contributed by atoms with Crippen molar-refractivity contribution in [1.29, 1.82) is 0 Å². The Balaban J connectivity index is 1.66. The first-order valence-electron chi connectivity index (χ1n) is 11.0. The van der Waals surface area contributed by atoms with Crippen molar-refractivity contribution in [1.82, 2.24) is 10.3 Å². The van der Waals surface area contributed by atoms with Crippen molar-refractivity contribution in [3.63, 3.8) is 0 Å². The van der Waals surface area contributed by atoms with E-state index in [0.717, 1.165) is 6.07 Å². The van der Waals surface area contributed by atoms with Gasteiger partial charge in [-0.3, -0.25) is 9.78 Å². The fraction of sp³-hybridized carbons (Fsp3) is 0.280. The Morgan fingerprint density at radius 1 is 1.14 bits per heavy atom. The monoisotopic (exact) mass is 538 g/mol. The van der Waals surface area contributed by atoms with E-state index in [4.69, 9.17) is 9.47 Å². The van der Waals surface area contributed by atoms with Gasteiger partial charge >= 0.3 is 6.18 Å². The molecule has 0 saturated carbocycles. The highest BCUT2D eigenvalue weighted by molar-refractivity contribution is 7.92. The Kier molecular flexibility index (Phi) is 7.24. The maximum absolute atomic E-state index is 13.7. The lowest BCUT2D eigenvalue weighted by Crippen LogP contribution is -2.40. The van der Waals surface area contributed by atoms with E-state index in [-0.39, 0.29) is 25.5 Å². The second-order valence-electron chi connectivity index (χ2n) is 8.46. The molecule has 1 amide bonds. The molecule has 1 N–H and O–H groups in total. The second kappa shape index (κ2) is 10.1. The average Bonchev–Trinajstić information content (AvgIpc) is 2.80. The number of ether oxygens (including phenoxy) is 2. The first-order chi connectivity index (χ1) is 17.4. The minimum absolute atomic E-state index is 0.129. The molecule has 4 rings (SSSR count). The Morgan fingerprint density at radius 3 is 2.49 bits per heavy atom. The van der Waals surface area contributed by atoms with E-state index in [9.17, 15) is 30.8 Å². The van der Waals surface area contributed by atoms with E-state index < -0.39 is 49.0 Å². The van der Waals surface area contributed by atoms with Crippen molar-refractivity contribution in [2.45, 2.75) is 29.8 Å². The summed E-state index contributed by atoms with van der Waals surface area (Å²) in [5.74, 6) is -1.18. The quantitative estimate of drug-likeness (QED) is 0.450. The lowest BCUT2D eigenvalue weighted by Gasteiger charge is -2.26. The van der Waals surface area contributed by atoms with Gasteiger partial charge in [0.05, 0.1) is 30.8 Å². The van der Waals surface area contributed by atoms with Gasteiger partial charge in [-0.1, -0.05) is 0 Å². The Hall–Kier alpha value is -3.51. The molecule has 2 aromatic carbocycles. The number of methoxy groups -OCH3 is 1. The lowest BCUT2D eigenvalue weighted by atomic mass is 9.99. The summed E-state index contributed by atoms with van der Waals surface area (Å²) in [5, 5.41) is 1.55. The highest BCUT2D eigenvalue weighted by atomic mass is 32.2. The number of alkyl halides is 3. The molecule has 0 aliphatic carbocycles. The number of nitrogens with one attached hydrogen (secondary N) is 1. The summed E-state index contributed by atoms with van der Waals surface area (Å²) < 4.78 is 89.9. The van der Waals surface area contributed by atoms with Crippen LogP contribution in [0.2, 0.25) is 0 Å². The lowest BCUT2D eigenvalue weighted by molar-refractivity contribution is -0.137. The van der Waals surface area contributed by atoms with Crippen LogP contribution in [0.5, 0.6) is 5.75 Å². The van der Waals surface area contributed by atoms with Crippen molar-refractivity contribution in [3.05, 3.63) is 76.9 Å². The Bertz CT molecular complexity index is 1450. The maximum atomic E-state index is 13.7. The van der Waals surface area contributed by atoms with Gasteiger partial charge in [-0.25, -0.2) is 12.8 Å². The topological polar surface area (TPSA) is 94.6 Å². The molecule has 12 heteroatoms. The predicted octanol–water partition coefficient (Wildman–Crippen LogP) is 4.33. The van der Waals surface area contributed by atoms with Crippen LogP contribution in [-0.2, 0) is 27.3 Å². The molecule has 0 radical (unpaired) electrons. The van der Waals surface area contributed by atoms with Crippen LogP contribution in [0, 0.1) is 12.7 Å². The number of aryl methyl sites for hydroxylation is 1. The second-order valence-corrected chi connectivity index (χ2v) is 10.7. The third kappa shape index (κ3) is 5.59. The number of hydrogen-bond donors (Lipinski definition) is 1. The van der Waals surface area contributed by atoms with Crippen molar-refractivity contribution >= 4 is 15.7 Å². The zero-order valence-corrected chi connectivity index (χ0v) is 20.5. The zero-order valence-electron chi connectivity index (χ0n) is 19.7. The van der Waals surface area contributed by atoms with Gasteiger partial charge in [0, 0.05) is 35.6 Å².